The number of ether oxygens (including phenoxy) is 1. The number of rotatable bonds is 4. The number of aliphatic hydroxyl groups is 3. The minimum absolute atomic E-state index is 0.230. The van der Waals surface area contributed by atoms with Crippen LogP contribution in [0.2, 0.25) is 0 Å². The Morgan fingerprint density at radius 3 is 2.32 bits per heavy atom. The van der Waals surface area contributed by atoms with Crippen LogP contribution in [0, 0.1) is 0 Å². The van der Waals surface area contributed by atoms with Gasteiger partial charge in [0.05, 0.1) is 12.3 Å². The summed E-state index contributed by atoms with van der Waals surface area (Å²) in [7, 11) is -4.26. The lowest BCUT2D eigenvalue weighted by Gasteiger charge is -2.40. The van der Waals surface area contributed by atoms with Gasteiger partial charge in [-0.3, -0.25) is 9.36 Å². The zero-order chi connectivity index (χ0) is 14.8. The molecule has 0 bridgehead atoms. The lowest BCUT2D eigenvalue weighted by Crippen LogP contribution is -2.63. The summed E-state index contributed by atoms with van der Waals surface area (Å²) in [4.78, 5) is 28.3. The van der Waals surface area contributed by atoms with E-state index in [1.807, 2.05) is 0 Å². The van der Waals surface area contributed by atoms with Crippen molar-refractivity contribution in [2.75, 3.05) is 6.16 Å². The average molecular weight is 299 g/mol. The molecule has 112 valence electrons. The number of carbonyl (C=O) groups is 1. The predicted octanol–water partition coefficient (Wildman–Crippen LogP) is -2.50. The van der Waals surface area contributed by atoms with E-state index >= 15 is 0 Å². The maximum Gasteiger partial charge on any atom is 0.325 e. The molecule has 0 aliphatic carbocycles. The van der Waals surface area contributed by atoms with Gasteiger partial charge in [0.1, 0.15) is 18.2 Å². The lowest BCUT2D eigenvalue weighted by molar-refractivity contribution is -0.247. The van der Waals surface area contributed by atoms with Gasteiger partial charge in [0.2, 0.25) is 5.91 Å². The van der Waals surface area contributed by atoms with E-state index in [1.165, 1.54) is 6.92 Å². The molecule has 19 heavy (non-hydrogen) atoms. The van der Waals surface area contributed by atoms with Crippen LogP contribution >= 0.6 is 7.60 Å². The molecule has 1 amide bonds. The van der Waals surface area contributed by atoms with Crippen LogP contribution in [0.3, 0.4) is 0 Å². The van der Waals surface area contributed by atoms with Crippen LogP contribution in [-0.2, 0) is 14.1 Å². The molecule has 0 spiro atoms. The quantitative estimate of drug-likeness (QED) is 0.311. The molecule has 0 saturated carbocycles. The van der Waals surface area contributed by atoms with Gasteiger partial charge in [0.25, 0.3) is 0 Å². The SMILES string of the molecule is CC(=O)N[C@@H]1C(O)O[C@H](CCP(=O)(O)O)[C@@H](O)[C@@H]1O. The van der Waals surface area contributed by atoms with Crippen LogP contribution in [0.4, 0.5) is 0 Å². The van der Waals surface area contributed by atoms with Crippen molar-refractivity contribution >= 4 is 13.5 Å². The molecule has 9 nitrogen and oxygen atoms in total. The Morgan fingerprint density at radius 2 is 1.84 bits per heavy atom. The van der Waals surface area contributed by atoms with Crippen molar-refractivity contribution in [3.8, 4) is 0 Å². The highest BCUT2D eigenvalue weighted by Gasteiger charge is 2.44. The van der Waals surface area contributed by atoms with E-state index in [0.717, 1.165) is 0 Å². The number of hydrogen-bond acceptors (Lipinski definition) is 6. The standard InChI is InChI=1S/C9H18NO8P/c1-4(11)10-6-8(13)7(12)5(18-9(6)14)2-3-19(15,16)17/h5-9,12-14H,2-3H2,1H3,(H,10,11)(H2,15,16,17)/t5-,6+,7-,8-,9?/m1/s1. The molecule has 1 aliphatic rings. The van der Waals surface area contributed by atoms with Gasteiger partial charge in [0.15, 0.2) is 6.29 Å². The maximum absolute atomic E-state index is 10.9. The summed E-state index contributed by atoms with van der Waals surface area (Å²) in [6.45, 7) is 1.17. The summed E-state index contributed by atoms with van der Waals surface area (Å²) >= 11 is 0. The Bertz CT molecular complexity index is 371. The van der Waals surface area contributed by atoms with Gasteiger partial charge in [0, 0.05) is 6.92 Å². The molecular weight excluding hydrogens is 281 g/mol. The molecule has 1 heterocycles. The highest BCUT2D eigenvalue weighted by molar-refractivity contribution is 7.51. The van der Waals surface area contributed by atoms with Gasteiger partial charge < -0.3 is 35.2 Å². The third kappa shape index (κ3) is 4.81. The van der Waals surface area contributed by atoms with Gasteiger partial charge in [-0.1, -0.05) is 0 Å². The number of carbonyl (C=O) groups excluding carboxylic acids is 1. The summed E-state index contributed by atoms with van der Waals surface area (Å²) in [6, 6.07) is -1.20. The van der Waals surface area contributed by atoms with E-state index in [0.29, 0.717) is 0 Å². The fourth-order valence-electron chi connectivity index (χ4n) is 1.87. The van der Waals surface area contributed by atoms with Crippen LogP contribution in [0.15, 0.2) is 0 Å². The monoisotopic (exact) mass is 299 g/mol. The first-order valence-corrected chi connectivity index (χ1v) is 7.43. The van der Waals surface area contributed by atoms with E-state index in [1.54, 1.807) is 0 Å². The number of hydrogen-bond donors (Lipinski definition) is 6. The van der Waals surface area contributed by atoms with E-state index in [4.69, 9.17) is 14.5 Å². The van der Waals surface area contributed by atoms with Gasteiger partial charge in [-0.2, -0.15) is 0 Å². The smallest absolute Gasteiger partial charge is 0.325 e. The first-order chi connectivity index (χ1) is 8.61. The highest BCUT2D eigenvalue weighted by Crippen LogP contribution is 2.37. The second-order valence-electron chi connectivity index (χ2n) is 4.45. The number of amides is 1. The van der Waals surface area contributed by atoms with E-state index < -0.39 is 50.3 Å². The Balaban J connectivity index is 2.66. The van der Waals surface area contributed by atoms with Crippen molar-refractivity contribution in [2.24, 2.45) is 0 Å². The maximum atomic E-state index is 10.9. The molecule has 0 aromatic rings. The molecule has 10 heteroatoms. The molecule has 0 aromatic carbocycles. The molecule has 6 N–H and O–H groups in total. The van der Waals surface area contributed by atoms with E-state index in [9.17, 15) is 24.7 Å². The van der Waals surface area contributed by atoms with Crippen molar-refractivity contribution in [1.82, 2.24) is 5.32 Å². The molecule has 1 saturated heterocycles. The fraction of sp³-hybridized carbons (Fsp3) is 0.889. The molecule has 1 unspecified atom stereocenters. The lowest BCUT2D eigenvalue weighted by atomic mass is 9.95. The summed E-state index contributed by atoms with van der Waals surface area (Å²) in [5.41, 5.74) is 0. The first-order valence-electron chi connectivity index (χ1n) is 5.63. The van der Waals surface area contributed by atoms with Crippen molar-refractivity contribution in [1.29, 1.82) is 0 Å². The highest BCUT2D eigenvalue weighted by atomic mass is 31.2. The van der Waals surface area contributed by atoms with E-state index in [2.05, 4.69) is 5.32 Å². The van der Waals surface area contributed by atoms with Crippen LogP contribution in [0.5, 0.6) is 0 Å². The largest absolute Gasteiger partial charge is 0.388 e. The third-order valence-corrected chi connectivity index (χ3v) is 3.64. The minimum Gasteiger partial charge on any atom is -0.388 e. The summed E-state index contributed by atoms with van der Waals surface area (Å²) < 4.78 is 15.7. The van der Waals surface area contributed by atoms with Crippen LogP contribution < -0.4 is 5.32 Å². The fourth-order valence-corrected chi connectivity index (χ4v) is 2.46. The number of aliphatic hydroxyl groups excluding tert-OH is 3. The number of nitrogens with one attached hydrogen (secondary N) is 1. The molecule has 0 radical (unpaired) electrons. The topological polar surface area (TPSA) is 157 Å². The van der Waals surface area contributed by atoms with Crippen LogP contribution in [0.1, 0.15) is 13.3 Å². The van der Waals surface area contributed by atoms with Crippen molar-refractivity contribution in [3.63, 3.8) is 0 Å². The Morgan fingerprint density at radius 1 is 1.26 bits per heavy atom. The second-order valence-corrected chi connectivity index (χ2v) is 6.23. The predicted molar refractivity (Wildman–Crippen MR) is 62.0 cm³/mol. The summed E-state index contributed by atoms with van der Waals surface area (Å²) in [5, 5.41) is 31.3. The minimum atomic E-state index is -4.26. The van der Waals surface area contributed by atoms with Crippen molar-refractivity contribution < 1.29 is 39.2 Å². The summed E-state index contributed by atoms with van der Waals surface area (Å²) in [6.07, 6.45) is -6.42. The molecule has 1 rings (SSSR count). The van der Waals surface area contributed by atoms with Gasteiger partial charge in [-0.15, -0.1) is 0 Å². The molecule has 0 aromatic heterocycles. The zero-order valence-electron chi connectivity index (χ0n) is 10.2. The van der Waals surface area contributed by atoms with Crippen molar-refractivity contribution in [2.45, 2.75) is 44.0 Å². The van der Waals surface area contributed by atoms with Gasteiger partial charge in [-0.05, 0) is 6.42 Å². The van der Waals surface area contributed by atoms with Crippen LogP contribution in [0.25, 0.3) is 0 Å². The van der Waals surface area contributed by atoms with Gasteiger partial charge in [-0.25, -0.2) is 0 Å². The third-order valence-electron chi connectivity index (χ3n) is 2.80. The Labute approximate surface area is 109 Å². The zero-order valence-corrected chi connectivity index (χ0v) is 11.1. The Kier molecular flexibility index (Phi) is 5.45. The second kappa shape index (κ2) is 6.27. The normalized spacial score (nSPS) is 36.0. The molecular formula is C9H18NO8P. The first kappa shape index (κ1) is 16.5. The molecule has 1 fully saturated rings. The van der Waals surface area contributed by atoms with E-state index in [-0.39, 0.29) is 6.42 Å². The summed E-state index contributed by atoms with van der Waals surface area (Å²) in [5.74, 6) is -0.521. The molecule has 1 aliphatic heterocycles. The Hall–Kier alpha value is -0.540. The van der Waals surface area contributed by atoms with Crippen LogP contribution in [-0.4, -0.2) is 67.8 Å². The molecule has 5 atom stereocenters. The van der Waals surface area contributed by atoms with Gasteiger partial charge >= 0.3 is 7.60 Å². The average Bonchev–Trinajstić information content (AvgIpc) is 2.26. The van der Waals surface area contributed by atoms with Crippen molar-refractivity contribution in [3.05, 3.63) is 0 Å².